The van der Waals surface area contributed by atoms with Gasteiger partial charge in [-0.05, 0) is 38.8 Å². The molecule has 0 unspecified atom stereocenters. The molecule has 0 atom stereocenters. The second kappa shape index (κ2) is 5.41. The van der Waals surface area contributed by atoms with Crippen molar-refractivity contribution < 1.29 is 5.11 Å². The number of aliphatic hydroxyl groups is 1. The van der Waals surface area contributed by atoms with E-state index in [0.717, 1.165) is 30.4 Å². The Bertz CT molecular complexity index is 607. The Morgan fingerprint density at radius 2 is 2.11 bits per heavy atom. The van der Waals surface area contributed by atoms with Crippen LogP contribution in [0.4, 0.5) is 0 Å². The van der Waals surface area contributed by atoms with Gasteiger partial charge in [0.05, 0.1) is 22.5 Å². The van der Waals surface area contributed by atoms with Gasteiger partial charge in [-0.1, -0.05) is 12.1 Å². The molecular formula is C15H19N3O. The van der Waals surface area contributed by atoms with Gasteiger partial charge in [0, 0.05) is 6.54 Å². The minimum absolute atomic E-state index is 0.0592. The molecule has 0 saturated carbocycles. The monoisotopic (exact) mass is 257 g/mol. The maximum Gasteiger partial charge on any atom is 0.135 e. The van der Waals surface area contributed by atoms with E-state index in [9.17, 15) is 5.11 Å². The Morgan fingerprint density at radius 3 is 2.79 bits per heavy atom. The quantitative estimate of drug-likeness (QED) is 0.895. The Hall–Kier alpha value is -1.86. The van der Waals surface area contributed by atoms with Crippen molar-refractivity contribution in [1.82, 2.24) is 9.55 Å². The first-order valence-corrected chi connectivity index (χ1v) is 6.53. The molecule has 1 aromatic heterocycles. The van der Waals surface area contributed by atoms with Gasteiger partial charge in [0.1, 0.15) is 12.4 Å². The predicted molar refractivity (Wildman–Crippen MR) is 74.3 cm³/mol. The highest BCUT2D eigenvalue weighted by molar-refractivity contribution is 5.75. The summed E-state index contributed by atoms with van der Waals surface area (Å²) in [6, 6.07) is 10.2. The van der Waals surface area contributed by atoms with Gasteiger partial charge >= 0.3 is 0 Å². The van der Waals surface area contributed by atoms with Crippen LogP contribution >= 0.6 is 0 Å². The van der Waals surface area contributed by atoms with Gasteiger partial charge in [-0.3, -0.25) is 0 Å². The van der Waals surface area contributed by atoms with Crippen LogP contribution in [0, 0.1) is 16.7 Å². The number of fused-ring (bicyclic) bond motifs is 1. The van der Waals surface area contributed by atoms with Crippen LogP contribution in [0.5, 0.6) is 0 Å². The normalized spacial score (nSPS) is 11.7. The third-order valence-electron chi connectivity index (χ3n) is 3.36. The first-order chi connectivity index (χ1) is 9.07. The Balaban J connectivity index is 2.18. The molecule has 0 aliphatic heterocycles. The fourth-order valence-corrected chi connectivity index (χ4v) is 2.23. The number of hydrogen-bond donors (Lipinski definition) is 1. The fourth-order valence-electron chi connectivity index (χ4n) is 2.23. The van der Waals surface area contributed by atoms with E-state index in [2.05, 4.69) is 11.1 Å². The lowest BCUT2D eigenvalue weighted by molar-refractivity contribution is 0.264. The summed E-state index contributed by atoms with van der Waals surface area (Å²) < 4.78 is 2.04. The summed E-state index contributed by atoms with van der Waals surface area (Å²) in [6.45, 7) is 4.62. The van der Waals surface area contributed by atoms with Crippen molar-refractivity contribution in [2.45, 2.75) is 39.8 Å². The van der Waals surface area contributed by atoms with Crippen LogP contribution in [-0.2, 0) is 13.2 Å². The zero-order valence-corrected chi connectivity index (χ0v) is 11.4. The van der Waals surface area contributed by atoms with Gasteiger partial charge in [-0.15, -0.1) is 0 Å². The van der Waals surface area contributed by atoms with Crippen molar-refractivity contribution in [3.63, 3.8) is 0 Å². The summed E-state index contributed by atoms with van der Waals surface area (Å²) in [4.78, 5) is 4.41. The summed E-state index contributed by atoms with van der Waals surface area (Å²) >= 11 is 0. The number of rotatable bonds is 5. The van der Waals surface area contributed by atoms with Crippen molar-refractivity contribution in [3.05, 3.63) is 30.1 Å². The maximum atomic E-state index is 9.39. The molecule has 0 amide bonds. The van der Waals surface area contributed by atoms with Gasteiger partial charge in [-0.2, -0.15) is 5.26 Å². The fraction of sp³-hybridized carbons (Fsp3) is 0.467. The first kappa shape index (κ1) is 13.6. The van der Waals surface area contributed by atoms with E-state index in [1.807, 2.05) is 42.7 Å². The first-order valence-electron chi connectivity index (χ1n) is 6.53. The summed E-state index contributed by atoms with van der Waals surface area (Å²) in [5, 5.41) is 18.4. The van der Waals surface area contributed by atoms with Crippen LogP contribution in [-0.4, -0.2) is 14.7 Å². The standard InChI is InChI=1S/C15H19N3O/c1-15(2,11-16)8-5-9-18-13-7-4-3-6-12(13)17-14(18)10-19/h3-4,6-7,19H,5,8-10H2,1-2H3. The molecule has 19 heavy (non-hydrogen) atoms. The second-order valence-corrected chi connectivity index (χ2v) is 5.43. The molecule has 1 aromatic carbocycles. The Morgan fingerprint density at radius 1 is 1.37 bits per heavy atom. The van der Waals surface area contributed by atoms with Gasteiger partial charge in [0.15, 0.2) is 0 Å². The molecular weight excluding hydrogens is 238 g/mol. The minimum atomic E-state index is -0.296. The van der Waals surface area contributed by atoms with Gasteiger partial charge in [0.25, 0.3) is 0 Å². The van der Waals surface area contributed by atoms with Crippen LogP contribution < -0.4 is 0 Å². The predicted octanol–water partition coefficient (Wildman–Crippen LogP) is 2.86. The van der Waals surface area contributed by atoms with E-state index in [-0.39, 0.29) is 12.0 Å². The molecule has 0 bridgehead atoms. The highest BCUT2D eigenvalue weighted by Gasteiger charge is 2.16. The SMILES string of the molecule is CC(C)(C#N)CCCn1c(CO)nc2ccccc21. The molecule has 0 aliphatic rings. The number of nitriles is 1. The highest BCUT2D eigenvalue weighted by Crippen LogP contribution is 2.23. The largest absolute Gasteiger partial charge is 0.388 e. The lowest BCUT2D eigenvalue weighted by Crippen LogP contribution is -2.11. The van der Waals surface area contributed by atoms with E-state index in [1.165, 1.54) is 0 Å². The summed E-state index contributed by atoms with van der Waals surface area (Å²) in [5.41, 5.74) is 1.66. The topological polar surface area (TPSA) is 61.8 Å². The van der Waals surface area contributed by atoms with Gasteiger partial charge < -0.3 is 9.67 Å². The maximum absolute atomic E-state index is 9.39. The molecule has 1 N–H and O–H groups in total. The molecule has 0 fully saturated rings. The lowest BCUT2D eigenvalue weighted by Gasteiger charge is -2.15. The van der Waals surface area contributed by atoms with Crippen molar-refractivity contribution in [1.29, 1.82) is 5.26 Å². The molecule has 2 aromatic rings. The van der Waals surface area contributed by atoms with Crippen LogP contribution in [0.2, 0.25) is 0 Å². The number of benzene rings is 1. The van der Waals surface area contributed by atoms with Crippen molar-refractivity contribution in [2.75, 3.05) is 0 Å². The third kappa shape index (κ3) is 2.94. The van der Waals surface area contributed by atoms with E-state index < -0.39 is 0 Å². The number of aliphatic hydroxyl groups excluding tert-OH is 1. The zero-order chi connectivity index (χ0) is 13.9. The number of imidazole rings is 1. The van der Waals surface area contributed by atoms with Crippen LogP contribution in [0.15, 0.2) is 24.3 Å². The average molecular weight is 257 g/mol. The van der Waals surface area contributed by atoms with Gasteiger partial charge in [0.2, 0.25) is 0 Å². The van der Waals surface area contributed by atoms with E-state index >= 15 is 0 Å². The Labute approximate surface area is 113 Å². The van der Waals surface area contributed by atoms with Crippen LogP contribution in [0.1, 0.15) is 32.5 Å². The molecule has 0 spiro atoms. The van der Waals surface area contributed by atoms with Crippen molar-refractivity contribution in [2.24, 2.45) is 5.41 Å². The molecule has 2 rings (SSSR count). The van der Waals surface area contributed by atoms with E-state index in [4.69, 9.17) is 5.26 Å². The molecule has 100 valence electrons. The molecule has 0 aliphatic carbocycles. The molecule has 0 radical (unpaired) electrons. The molecule has 1 heterocycles. The summed E-state index contributed by atoms with van der Waals surface area (Å²) in [5.74, 6) is 0.691. The second-order valence-electron chi connectivity index (χ2n) is 5.43. The summed E-state index contributed by atoms with van der Waals surface area (Å²) in [6.07, 6.45) is 1.73. The number of para-hydroxylation sites is 2. The third-order valence-corrected chi connectivity index (χ3v) is 3.36. The number of hydrogen-bond acceptors (Lipinski definition) is 3. The lowest BCUT2D eigenvalue weighted by atomic mass is 9.90. The Kier molecular flexibility index (Phi) is 3.87. The minimum Gasteiger partial charge on any atom is -0.388 e. The number of nitrogens with zero attached hydrogens (tertiary/aromatic N) is 3. The van der Waals surface area contributed by atoms with Crippen LogP contribution in [0.25, 0.3) is 11.0 Å². The smallest absolute Gasteiger partial charge is 0.135 e. The molecule has 4 heteroatoms. The van der Waals surface area contributed by atoms with Crippen molar-refractivity contribution >= 4 is 11.0 Å². The molecule has 4 nitrogen and oxygen atoms in total. The van der Waals surface area contributed by atoms with Crippen LogP contribution in [0.3, 0.4) is 0 Å². The zero-order valence-electron chi connectivity index (χ0n) is 11.4. The number of aryl methyl sites for hydroxylation is 1. The average Bonchev–Trinajstić information content (AvgIpc) is 2.77. The number of aromatic nitrogens is 2. The van der Waals surface area contributed by atoms with E-state index in [0.29, 0.717) is 5.82 Å². The highest BCUT2D eigenvalue weighted by atomic mass is 16.3. The van der Waals surface area contributed by atoms with Gasteiger partial charge in [-0.25, -0.2) is 4.98 Å². The molecule has 0 saturated heterocycles. The van der Waals surface area contributed by atoms with E-state index in [1.54, 1.807) is 0 Å². The van der Waals surface area contributed by atoms with Crippen molar-refractivity contribution in [3.8, 4) is 6.07 Å². The summed E-state index contributed by atoms with van der Waals surface area (Å²) in [7, 11) is 0.